The van der Waals surface area contributed by atoms with Crippen molar-refractivity contribution in [2.24, 2.45) is 0 Å². The maximum Gasteiger partial charge on any atom is 2.00 e. The van der Waals surface area contributed by atoms with E-state index in [1.54, 1.807) is 0 Å². The molecule has 19 heavy (non-hydrogen) atoms. The Bertz CT molecular complexity index is 253. The Balaban J connectivity index is 0.000000324. The third kappa shape index (κ3) is 10.1. The summed E-state index contributed by atoms with van der Waals surface area (Å²) in [6.45, 7) is 4.32. The zero-order valence-corrected chi connectivity index (χ0v) is 14.7. The van der Waals surface area contributed by atoms with E-state index in [0.29, 0.717) is 8.64 Å². The van der Waals surface area contributed by atoms with Crippen molar-refractivity contribution in [1.82, 2.24) is 20.9 Å². The first-order valence-electron chi connectivity index (χ1n) is 6.03. The van der Waals surface area contributed by atoms with Crippen LogP contribution in [0.5, 0.6) is 0 Å². The summed E-state index contributed by atoms with van der Waals surface area (Å²) in [5.74, 6) is 0. The van der Waals surface area contributed by atoms with Crippen LogP contribution < -0.4 is 10.9 Å². The molecule has 1 radical (unpaired) electrons. The molecule has 9 heteroatoms. The first-order valence-corrected chi connectivity index (χ1v) is 7.66. The van der Waals surface area contributed by atoms with Gasteiger partial charge in [-0.2, -0.15) is 0 Å². The quantitative estimate of drug-likeness (QED) is 0.410. The number of nitrogens with one attached hydrogen (secondary N) is 2. The summed E-state index contributed by atoms with van der Waals surface area (Å²) in [4.78, 5) is 0. The second kappa shape index (κ2) is 11.3. The Hall–Kier alpha value is 0.659. The molecular weight excluding hydrogens is 368 g/mol. The van der Waals surface area contributed by atoms with Crippen LogP contribution in [0.1, 0.15) is 25.7 Å². The molecule has 2 aliphatic heterocycles. The minimum atomic E-state index is 0. The molecule has 0 aromatic carbocycles. The van der Waals surface area contributed by atoms with E-state index in [1.807, 2.05) is 0 Å². The minimum absolute atomic E-state index is 0. The van der Waals surface area contributed by atoms with Crippen molar-refractivity contribution in [3.63, 3.8) is 0 Å². The van der Waals surface area contributed by atoms with Gasteiger partial charge >= 0.3 is 17.1 Å². The van der Waals surface area contributed by atoms with Gasteiger partial charge in [-0.25, -0.2) is 10.0 Å². The molecular formula is C10H18CuN4S4. The van der Waals surface area contributed by atoms with Gasteiger partial charge in [-0.05, 0) is 34.3 Å². The fourth-order valence-corrected chi connectivity index (χ4v) is 2.43. The van der Waals surface area contributed by atoms with E-state index >= 15 is 0 Å². The van der Waals surface area contributed by atoms with Crippen LogP contribution in [0.3, 0.4) is 0 Å². The molecule has 0 atom stereocenters. The van der Waals surface area contributed by atoms with Crippen molar-refractivity contribution < 1.29 is 17.1 Å². The van der Waals surface area contributed by atoms with Crippen LogP contribution in [-0.4, -0.2) is 44.8 Å². The van der Waals surface area contributed by atoms with Crippen LogP contribution in [0.15, 0.2) is 0 Å². The van der Waals surface area contributed by atoms with Crippen molar-refractivity contribution in [3.8, 4) is 0 Å². The number of hydrogen-bond acceptors (Lipinski definition) is 6. The molecule has 113 valence electrons. The van der Waals surface area contributed by atoms with E-state index in [9.17, 15) is 0 Å². The van der Waals surface area contributed by atoms with Crippen molar-refractivity contribution >= 4 is 58.3 Å². The molecule has 2 aliphatic rings. The topological polar surface area (TPSA) is 30.5 Å². The molecule has 0 aromatic heterocycles. The van der Waals surface area contributed by atoms with Gasteiger partial charge in [0.05, 0.1) is 0 Å². The van der Waals surface area contributed by atoms with Gasteiger partial charge in [0, 0.05) is 26.2 Å². The van der Waals surface area contributed by atoms with Gasteiger partial charge < -0.3 is 60.5 Å². The smallest absolute Gasteiger partial charge is 0.410 e. The molecule has 2 fully saturated rings. The average Bonchev–Trinajstić information content (AvgIpc) is 2.90. The monoisotopic (exact) mass is 385 g/mol. The predicted octanol–water partition coefficient (Wildman–Crippen LogP) is 0.835. The molecule has 0 amide bonds. The van der Waals surface area contributed by atoms with E-state index in [1.165, 1.54) is 25.7 Å². The summed E-state index contributed by atoms with van der Waals surface area (Å²) in [6, 6.07) is 0. The summed E-state index contributed by atoms with van der Waals surface area (Å²) < 4.78 is 0.911. The summed E-state index contributed by atoms with van der Waals surface area (Å²) in [7, 11) is 0. The Morgan fingerprint density at radius 2 is 1.00 bits per heavy atom. The van der Waals surface area contributed by atoms with Crippen molar-refractivity contribution in [1.29, 1.82) is 0 Å². The van der Waals surface area contributed by atoms with E-state index in [0.717, 1.165) is 26.2 Å². The number of rotatable bonds is 2. The largest absolute Gasteiger partial charge is 2.00 e. The van der Waals surface area contributed by atoms with Crippen molar-refractivity contribution in [3.05, 3.63) is 0 Å². The van der Waals surface area contributed by atoms with E-state index < -0.39 is 0 Å². The van der Waals surface area contributed by atoms with E-state index in [2.05, 4.69) is 20.9 Å². The molecule has 2 N–H and O–H groups in total. The third-order valence-corrected chi connectivity index (χ3v) is 3.08. The van der Waals surface area contributed by atoms with Crippen molar-refractivity contribution in [2.45, 2.75) is 25.7 Å². The number of nitrogens with zero attached hydrogens (tertiary/aromatic N) is 2. The first-order chi connectivity index (χ1) is 8.58. The molecule has 2 rings (SSSR count). The molecule has 2 saturated heterocycles. The SMILES string of the molecule is S=C([S-])NN1CCCC1.S=C([S-])NN1CCCC1.[Cu+2]. The molecule has 0 saturated carbocycles. The normalized spacial score (nSPS) is 18.9. The average molecular weight is 386 g/mol. The number of thiocarbonyl (C=S) groups is 2. The Morgan fingerprint density at radius 3 is 1.21 bits per heavy atom. The van der Waals surface area contributed by atoms with E-state index in [4.69, 9.17) is 49.7 Å². The Kier molecular flexibility index (Phi) is 11.7. The summed E-state index contributed by atoms with van der Waals surface area (Å²) in [5, 5.41) is 4.13. The summed E-state index contributed by atoms with van der Waals surface area (Å²) in [5.41, 5.74) is 5.84. The third-order valence-electron chi connectivity index (χ3n) is 2.71. The summed E-state index contributed by atoms with van der Waals surface area (Å²) >= 11 is 18.8. The van der Waals surface area contributed by atoms with Gasteiger partial charge in [-0.3, -0.25) is 0 Å². The molecule has 2 heterocycles. The minimum Gasteiger partial charge on any atom is -0.410 e. The second-order valence-corrected chi connectivity index (χ2v) is 6.34. The van der Waals surface area contributed by atoms with Crippen LogP contribution in [0.4, 0.5) is 0 Å². The van der Waals surface area contributed by atoms with Crippen molar-refractivity contribution in [2.75, 3.05) is 26.2 Å². The fraction of sp³-hybridized carbons (Fsp3) is 0.800. The fourth-order valence-electron chi connectivity index (χ4n) is 1.92. The van der Waals surface area contributed by atoms with Gasteiger partial charge in [0.25, 0.3) is 0 Å². The maximum atomic E-state index is 4.69. The standard InChI is InChI=1S/2C5H10N2S2.Cu/c2*8-5(9)6-7-3-1-2-4-7;/h2*1-4H2,(H2,6,8,9);/q;;+2/p-2. The van der Waals surface area contributed by atoms with Crippen LogP contribution in [0.25, 0.3) is 0 Å². The van der Waals surface area contributed by atoms with Gasteiger partial charge in [0.1, 0.15) is 0 Å². The van der Waals surface area contributed by atoms with Crippen LogP contribution in [-0.2, 0) is 42.3 Å². The zero-order valence-electron chi connectivity index (χ0n) is 10.5. The van der Waals surface area contributed by atoms with Crippen LogP contribution in [0.2, 0.25) is 0 Å². The zero-order chi connectivity index (χ0) is 13.4. The van der Waals surface area contributed by atoms with E-state index in [-0.39, 0.29) is 17.1 Å². The molecule has 0 unspecified atom stereocenters. The maximum absolute atomic E-state index is 4.69. The van der Waals surface area contributed by atoms with Gasteiger partial charge in [-0.15, -0.1) is 0 Å². The van der Waals surface area contributed by atoms with Gasteiger partial charge in [0.2, 0.25) is 0 Å². The number of hydrazine groups is 2. The molecule has 0 spiro atoms. The predicted molar refractivity (Wildman–Crippen MR) is 87.8 cm³/mol. The molecule has 4 nitrogen and oxygen atoms in total. The molecule has 0 aromatic rings. The van der Waals surface area contributed by atoms with Gasteiger partial charge in [0.15, 0.2) is 0 Å². The Labute approximate surface area is 147 Å². The first kappa shape index (κ1) is 19.7. The van der Waals surface area contributed by atoms with Crippen LogP contribution >= 0.6 is 24.4 Å². The molecule has 0 aliphatic carbocycles. The second-order valence-electron chi connectivity index (χ2n) is 4.19. The Morgan fingerprint density at radius 1 is 0.737 bits per heavy atom. The summed E-state index contributed by atoms with van der Waals surface area (Å²) in [6.07, 6.45) is 5.02. The van der Waals surface area contributed by atoms with Gasteiger partial charge in [-0.1, -0.05) is 0 Å². The van der Waals surface area contributed by atoms with Crippen LogP contribution in [0, 0.1) is 0 Å². The molecule has 0 bridgehead atoms. The number of hydrogen-bond donors (Lipinski definition) is 2.